The van der Waals surface area contributed by atoms with E-state index in [4.69, 9.17) is 15.2 Å². The van der Waals surface area contributed by atoms with E-state index in [1.807, 2.05) is 50.0 Å². The molecule has 1 aliphatic rings. The Bertz CT molecular complexity index is 1080. The Morgan fingerprint density at radius 3 is 2.67 bits per heavy atom. The molecule has 1 fully saturated rings. The van der Waals surface area contributed by atoms with E-state index >= 15 is 0 Å². The number of likely N-dealkylation sites (tertiary alicyclic amines) is 1. The number of nitrogens with two attached hydrogens (primary N) is 1. The third kappa shape index (κ3) is 5.95. The van der Waals surface area contributed by atoms with Gasteiger partial charge in [-0.15, -0.1) is 0 Å². The summed E-state index contributed by atoms with van der Waals surface area (Å²) in [4.78, 5) is 12.3. The molecule has 1 aliphatic heterocycles. The minimum absolute atomic E-state index is 0.0604. The van der Waals surface area contributed by atoms with E-state index < -0.39 is 0 Å². The van der Waals surface area contributed by atoms with Crippen LogP contribution < -0.4 is 19.9 Å². The summed E-state index contributed by atoms with van der Waals surface area (Å²) in [5.74, 6) is 1.84. The molecule has 4 rings (SSSR count). The molecule has 0 aliphatic carbocycles. The fourth-order valence-corrected chi connectivity index (χ4v) is 4.37. The van der Waals surface area contributed by atoms with Gasteiger partial charge in [0.2, 0.25) is 0 Å². The Kier molecular flexibility index (Phi) is 7.36. The Balaban J connectivity index is 1.57. The van der Waals surface area contributed by atoms with Crippen molar-refractivity contribution in [2.45, 2.75) is 43.7 Å². The third-order valence-corrected chi connectivity index (χ3v) is 6.06. The molecule has 0 spiro atoms. The number of hydrogen-bond acceptors (Lipinski definition) is 9. The first kappa shape index (κ1) is 23.3. The maximum Gasteiger partial charge on any atom is 0.263 e. The minimum atomic E-state index is 0.0604. The van der Waals surface area contributed by atoms with E-state index in [1.165, 1.54) is 11.9 Å². The van der Waals surface area contributed by atoms with Gasteiger partial charge in [0.05, 0.1) is 36.4 Å². The summed E-state index contributed by atoms with van der Waals surface area (Å²) in [6, 6.07) is 6.34. The lowest BCUT2D eigenvalue weighted by Crippen LogP contribution is -2.31. The van der Waals surface area contributed by atoms with Gasteiger partial charge in [-0.3, -0.25) is 9.40 Å². The van der Waals surface area contributed by atoms with Gasteiger partial charge < -0.3 is 20.1 Å². The van der Waals surface area contributed by atoms with Crippen LogP contribution in [0.3, 0.4) is 0 Å². The summed E-state index contributed by atoms with van der Waals surface area (Å²) in [7, 11) is 4.02. The van der Waals surface area contributed by atoms with E-state index in [2.05, 4.69) is 31.7 Å². The van der Waals surface area contributed by atoms with Crippen molar-refractivity contribution in [3.8, 4) is 28.6 Å². The first-order valence-electron chi connectivity index (χ1n) is 11.1. The maximum absolute atomic E-state index is 6.08. The maximum atomic E-state index is 6.08. The fraction of sp³-hybridized carbons (Fsp3) is 0.435. The molecule has 0 atom stereocenters. The molecule has 0 saturated carbocycles. The number of nitrogens with one attached hydrogen (secondary N) is 1. The fourth-order valence-electron chi connectivity index (χ4n) is 3.78. The van der Waals surface area contributed by atoms with Crippen LogP contribution in [0.25, 0.3) is 11.3 Å². The molecule has 1 saturated heterocycles. The molecule has 3 heterocycles. The summed E-state index contributed by atoms with van der Waals surface area (Å²) in [6.07, 6.45) is 7.44. The van der Waals surface area contributed by atoms with Crippen LogP contribution in [-0.2, 0) is 0 Å². The average molecular weight is 470 g/mol. The van der Waals surface area contributed by atoms with E-state index in [0.717, 1.165) is 42.1 Å². The Morgan fingerprint density at radius 1 is 1.15 bits per heavy atom. The van der Waals surface area contributed by atoms with Gasteiger partial charge in [-0.05, 0) is 84.0 Å². The van der Waals surface area contributed by atoms with Gasteiger partial charge in [-0.25, -0.2) is 9.97 Å². The third-order valence-electron chi connectivity index (χ3n) is 5.39. The second-order valence-electron chi connectivity index (χ2n) is 8.40. The molecule has 33 heavy (non-hydrogen) atoms. The number of piperidine rings is 1. The van der Waals surface area contributed by atoms with Crippen molar-refractivity contribution in [3.05, 3.63) is 36.8 Å². The number of nitrogens with zero attached hydrogens (tertiary/aromatic N) is 5. The van der Waals surface area contributed by atoms with Gasteiger partial charge in [-0.2, -0.15) is 5.10 Å². The number of benzene rings is 1. The van der Waals surface area contributed by atoms with Crippen molar-refractivity contribution in [2.24, 2.45) is 0 Å². The summed E-state index contributed by atoms with van der Waals surface area (Å²) in [6.45, 7) is 6.12. The molecule has 9 nitrogen and oxygen atoms in total. The molecular weight excluding hydrogens is 438 g/mol. The van der Waals surface area contributed by atoms with E-state index in [1.54, 1.807) is 12.4 Å². The number of anilines is 1. The second kappa shape index (κ2) is 10.4. The van der Waals surface area contributed by atoms with E-state index in [-0.39, 0.29) is 17.8 Å². The van der Waals surface area contributed by atoms with Crippen LogP contribution in [0.5, 0.6) is 17.4 Å². The van der Waals surface area contributed by atoms with Gasteiger partial charge >= 0.3 is 0 Å². The van der Waals surface area contributed by atoms with E-state index in [9.17, 15) is 0 Å². The molecule has 1 aromatic carbocycles. The monoisotopic (exact) mass is 469 g/mol. The van der Waals surface area contributed by atoms with Crippen molar-refractivity contribution < 1.29 is 9.47 Å². The van der Waals surface area contributed by atoms with Gasteiger partial charge in [0, 0.05) is 10.5 Å². The van der Waals surface area contributed by atoms with Gasteiger partial charge in [-0.1, -0.05) is 0 Å². The van der Waals surface area contributed by atoms with Crippen molar-refractivity contribution in [1.82, 2.24) is 29.4 Å². The molecule has 3 aromatic rings. The lowest BCUT2D eigenvalue weighted by atomic mass is 10.1. The van der Waals surface area contributed by atoms with Crippen molar-refractivity contribution in [2.75, 3.05) is 32.9 Å². The van der Waals surface area contributed by atoms with Crippen molar-refractivity contribution in [1.29, 1.82) is 0 Å². The van der Waals surface area contributed by atoms with Crippen LogP contribution in [0.1, 0.15) is 32.7 Å². The van der Waals surface area contributed by atoms with Crippen LogP contribution in [0.15, 0.2) is 41.7 Å². The minimum Gasteiger partial charge on any atom is -0.491 e. The SMILES string of the molecule is CNSc1cc(OC(C)C)cc(-c2cnc(N)c(Oc3cnn(C4CCN(C)CC4)c3)n2)c1. The van der Waals surface area contributed by atoms with Crippen LogP contribution in [0.2, 0.25) is 0 Å². The molecule has 0 radical (unpaired) electrons. The lowest BCUT2D eigenvalue weighted by Gasteiger charge is -2.28. The summed E-state index contributed by atoms with van der Waals surface area (Å²) in [5.41, 5.74) is 7.60. The topological polar surface area (TPSA) is 103 Å². The number of nitrogen functional groups attached to an aromatic ring is 1. The van der Waals surface area contributed by atoms with Crippen molar-refractivity contribution in [3.63, 3.8) is 0 Å². The number of rotatable bonds is 8. The molecule has 3 N–H and O–H groups in total. The Hall–Kier alpha value is -2.82. The number of aromatic nitrogens is 4. The standard InChI is InChI=1S/C23H31N7O2S/c1-15(2)31-18-9-16(10-20(11-18)33-25-3)21-13-26-22(24)23(28-21)32-19-12-27-30(14-19)17-5-7-29(4)8-6-17/h9-15,17,25H,5-8H2,1-4H3,(H2,24,26). The molecular formula is C23H31N7O2S. The zero-order valence-corrected chi connectivity index (χ0v) is 20.3. The summed E-state index contributed by atoms with van der Waals surface area (Å²) >= 11 is 1.50. The van der Waals surface area contributed by atoms with Gasteiger partial charge in [0.1, 0.15) is 5.75 Å². The molecule has 0 bridgehead atoms. The highest BCUT2D eigenvalue weighted by molar-refractivity contribution is 7.97. The smallest absolute Gasteiger partial charge is 0.263 e. The second-order valence-corrected chi connectivity index (χ2v) is 9.49. The predicted molar refractivity (Wildman–Crippen MR) is 131 cm³/mol. The molecule has 0 unspecified atom stereocenters. The lowest BCUT2D eigenvalue weighted by molar-refractivity contribution is 0.212. The first-order valence-corrected chi connectivity index (χ1v) is 11.9. The highest BCUT2D eigenvalue weighted by Gasteiger charge is 2.20. The first-order chi connectivity index (χ1) is 15.9. The van der Waals surface area contributed by atoms with Crippen LogP contribution in [0, 0.1) is 0 Å². The molecule has 176 valence electrons. The average Bonchev–Trinajstić information content (AvgIpc) is 3.24. The highest BCUT2D eigenvalue weighted by Crippen LogP contribution is 2.32. The highest BCUT2D eigenvalue weighted by atomic mass is 32.2. The van der Waals surface area contributed by atoms with Crippen LogP contribution in [-0.4, -0.2) is 57.9 Å². The zero-order valence-electron chi connectivity index (χ0n) is 19.5. The normalized spacial score (nSPS) is 15.2. The largest absolute Gasteiger partial charge is 0.491 e. The summed E-state index contributed by atoms with van der Waals surface area (Å²) < 4.78 is 17.0. The Morgan fingerprint density at radius 2 is 1.94 bits per heavy atom. The molecule has 10 heteroatoms. The van der Waals surface area contributed by atoms with Gasteiger partial charge in [0.15, 0.2) is 11.6 Å². The number of hydrogen-bond donors (Lipinski definition) is 2. The molecule has 0 amide bonds. The molecule has 2 aromatic heterocycles. The number of ether oxygens (including phenoxy) is 2. The van der Waals surface area contributed by atoms with Crippen molar-refractivity contribution >= 4 is 17.8 Å². The Labute approximate surface area is 198 Å². The predicted octanol–water partition coefficient (Wildman–Crippen LogP) is 4.00. The van der Waals surface area contributed by atoms with Crippen LogP contribution in [0.4, 0.5) is 5.82 Å². The zero-order chi connectivity index (χ0) is 23.4. The summed E-state index contributed by atoms with van der Waals surface area (Å²) in [5, 5.41) is 4.50. The van der Waals surface area contributed by atoms with Gasteiger partial charge in [0.25, 0.3) is 5.88 Å². The quantitative estimate of drug-likeness (QED) is 0.474. The van der Waals surface area contributed by atoms with E-state index in [0.29, 0.717) is 17.5 Å². The van der Waals surface area contributed by atoms with Crippen LogP contribution >= 0.6 is 11.9 Å².